The molecule has 1 aromatic rings. The Kier molecular flexibility index (Phi) is 3.33. The largest absolute Gasteiger partial charge is 0.404 e. The van der Waals surface area contributed by atoms with Gasteiger partial charge in [0.25, 0.3) is 0 Å². The van der Waals surface area contributed by atoms with E-state index in [2.05, 4.69) is 0 Å². The molecule has 1 atom stereocenters. The van der Waals surface area contributed by atoms with Crippen molar-refractivity contribution in [1.82, 2.24) is 0 Å². The summed E-state index contributed by atoms with van der Waals surface area (Å²) in [7, 11) is 0. The van der Waals surface area contributed by atoms with Crippen LogP contribution in [0.3, 0.4) is 0 Å². The quantitative estimate of drug-likeness (QED) is 0.831. The lowest BCUT2D eigenvalue weighted by Gasteiger charge is -2.33. The topological polar surface area (TPSA) is 26.0 Å². The summed E-state index contributed by atoms with van der Waals surface area (Å²) >= 11 is 0. The number of benzene rings is 1. The van der Waals surface area contributed by atoms with Crippen LogP contribution in [0.1, 0.15) is 25.0 Å². The number of hydrogen-bond acceptors (Lipinski definition) is 1. The summed E-state index contributed by atoms with van der Waals surface area (Å²) in [4.78, 5) is 0. The lowest BCUT2D eigenvalue weighted by Crippen LogP contribution is -2.51. The van der Waals surface area contributed by atoms with Gasteiger partial charge in [-0.2, -0.15) is 13.2 Å². The maximum Gasteiger partial charge on any atom is 0.404 e. The van der Waals surface area contributed by atoms with E-state index >= 15 is 0 Å². The van der Waals surface area contributed by atoms with Crippen molar-refractivity contribution in [2.24, 2.45) is 5.73 Å². The number of rotatable bonds is 2. The summed E-state index contributed by atoms with van der Waals surface area (Å²) < 4.78 is 37.8. The molecular formula is C12H16F3N. The van der Waals surface area contributed by atoms with Crippen molar-refractivity contribution in [3.8, 4) is 0 Å². The van der Waals surface area contributed by atoms with E-state index in [0.717, 1.165) is 5.56 Å². The number of hydrogen-bond donors (Lipinski definition) is 1. The van der Waals surface area contributed by atoms with Gasteiger partial charge in [0, 0.05) is 5.41 Å². The van der Waals surface area contributed by atoms with E-state index in [1.165, 1.54) is 13.8 Å². The van der Waals surface area contributed by atoms with Gasteiger partial charge in [-0.3, -0.25) is 0 Å². The van der Waals surface area contributed by atoms with Crippen LogP contribution in [0, 0.1) is 6.92 Å². The molecule has 0 spiro atoms. The maximum atomic E-state index is 12.6. The van der Waals surface area contributed by atoms with Crippen molar-refractivity contribution in [1.29, 1.82) is 0 Å². The minimum Gasteiger partial charge on any atom is -0.319 e. The molecule has 0 aliphatic carbocycles. The summed E-state index contributed by atoms with van der Waals surface area (Å²) in [6, 6.07) is 5.12. The molecule has 0 saturated heterocycles. The minimum absolute atomic E-state index is 0.600. The Balaban J connectivity index is 3.06. The van der Waals surface area contributed by atoms with Crippen LogP contribution < -0.4 is 5.73 Å². The Labute approximate surface area is 93.5 Å². The first-order valence-corrected chi connectivity index (χ1v) is 5.05. The number of halogens is 3. The van der Waals surface area contributed by atoms with Gasteiger partial charge in [-0.15, -0.1) is 0 Å². The second kappa shape index (κ2) is 4.09. The molecule has 0 heterocycles. The molecule has 0 aliphatic rings. The van der Waals surface area contributed by atoms with Crippen molar-refractivity contribution in [2.75, 3.05) is 0 Å². The summed E-state index contributed by atoms with van der Waals surface area (Å²) in [6.45, 7) is 4.91. The van der Waals surface area contributed by atoms with Crippen LogP contribution in [0.4, 0.5) is 13.2 Å². The summed E-state index contributed by atoms with van der Waals surface area (Å²) in [5, 5.41) is 0. The molecule has 16 heavy (non-hydrogen) atoms. The Morgan fingerprint density at radius 3 is 1.88 bits per heavy atom. The highest BCUT2D eigenvalue weighted by molar-refractivity contribution is 5.29. The highest BCUT2D eigenvalue weighted by Crippen LogP contribution is 2.35. The number of alkyl halides is 3. The molecule has 0 fully saturated rings. The van der Waals surface area contributed by atoms with Crippen molar-refractivity contribution in [3.05, 3.63) is 35.4 Å². The molecule has 1 rings (SSSR count). The molecule has 90 valence electrons. The molecule has 4 heteroatoms. The third kappa shape index (κ3) is 2.55. The van der Waals surface area contributed by atoms with Gasteiger partial charge in [-0.1, -0.05) is 43.7 Å². The van der Waals surface area contributed by atoms with Crippen LogP contribution in [-0.4, -0.2) is 12.2 Å². The van der Waals surface area contributed by atoms with E-state index in [1.54, 1.807) is 24.3 Å². The molecule has 1 unspecified atom stereocenters. The molecule has 1 aromatic carbocycles. The summed E-state index contributed by atoms with van der Waals surface area (Å²) in [5.74, 6) is 0. The van der Waals surface area contributed by atoms with Gasteiger partial charge in [-0.25, -0.2) is 0 Å². The first-order valence-electron chi connectivity index (χ1n) is 5.05. The highest BCUT2D eigenvalue weighted by Gasteiger charge is 2.47. The lowest BCUT2D eigenvalue weighted by atomic mass is 9.77. The lowest BCUT2D eigenvalue weighted by molar-refractivity contribution is -0.160. The molecule has 0 aromatic heterocycles. The Morgan fingerprint density at radius 2 is 1.50 bits per heavy atom. The second-order valence-corrected chi connectivity index (χ2v) is 4.61. The normalized spacial score (nSPS) is 14.9. The van der Waals surface area contributed by atoms with Crippen molar-refractivity contribution >= 4 is 0 Å². The van der Waals surface area contributed by atoms with Gasteiger partial charge in [0.15, 0.2) is 0 Å². The van der Waals surface area contributed by atoms with Crippen LogP contribution in [0.5, 0.6) is 0 Å². The molecular weight excluding hydrogens is 215 g/mol. The summed E-state index contributed by atoms with van der Waals surface area (Å²) in [5.41, 5.74) is 5.77. The van der Waals surface area contributed by atoms with Crippen LogP contribution in [0.15, 0.2) is 24.3 Å². The Bertz CT molecular complexity index is 352. The average molecular weight is 231 g/mol. The molecule has 0 aliphatic heterocycles. The SMILES string of the molecule is Cc1ccc(C(C)(C)C(N)C(F)(F)F)cc1. The monoisotopic (exact) mass is 231 g/mol. The van der Waals surface area contributed by atoms with Gasteiger partial charge >= 0.3 is 6.18 Å². The van der Waals surface area contributed by atoms with E-state index < -0.39 is 17.6 Å². The Morgan fingerprint density at radius 1 is 1.06 bits per heavy atom. The molecule has 0 saturated carbocycles. The first-order chi connectivity index (χ1) is 7.15. The molecule has 0 radical (unpaired) electrons. The van der Waals surface area contributed by atoms with Crippen molar-refractivity contribution in [2.45, 2.75) is 38.4 Å². The van der Waals surface area contributed by atoms with E-state index in [0.29, 0.717) is 5.56 Å². The number of nitrogens with two attached hydrogens (primary N) is 1. The van der Waals surface area contributed by atoms with Gasteiger partial charge in [0.05, 0.1) is 0 Å². The standard InChI is InChI=1S/C12H16F3N/c1-8-4-6-9(7-5-8)11(2,3)10(16)12(13,14)15/h4-7,10H,16H2,1-3H3. The number of aryl methyl sites for hydroxylation is 1. The fourth-order valence-corrected chi connectivity index (χ4v) is 1.57. The van der Waals surface area contributed by atoms with Gasteiger partial charge < -0.3 is 5.73 Å². The molecule has 1 nitrogen and oxygen atoms in total. The maximum absolute atomic E-state index is 12.6. The first kappa shape index (κ1) is 13.0. The smallest absolute Gasteiger partial charge is 0.319 e. The predicted molar refractivity (Wildman–Crippen MR) is 58.2 cm³/mol. The Hall–Kier alpha value is -1.03. The molecule has 2 N–H and O–H groups in total. The van der Waals surface area contributed by atoms with E-state index in [1.807, 2.05) is 6.92 Å². The van der Waals surface area contributed by atoms with Crippen molar-refractivity contribution < 1.29 is 13.2 Å². The summed E-state index contributed by atoms with van der Waals surface area (Å²) in [6.07, 6.45) is -4.38. The van der Waals surface area contributed by atoms with Gasteiger partial charge in [0.2, 0.25) is 0 Å². The minimum atomic E-state index is -4.38. The third-order valence-electron chi connectivity index (χ3n) is 2.93. The zero-order valence-corrected chi connectivity index (χ0v) is 9.60. The van der Waals surface area contributed by atoms with Crippen LogP contribution in [0.2, 0.25) is 0 Å². The second-order valence-electron chi connectivity index (χ2n) is 4.61. The highest BCUT2D eigenvalue weighted by atomic mass is 19.4. The van der Waals surface area contributed by atoms with Crippen LogP contribution >= 0.6 is 0 Å². The van der Waals surface area contributed by atoms with E-state index in [4.69, 9.17) is 5.73 Å². The fraction of sp³-hybridized carbons (Fsp3) is 0.500. The molecule has 0 bridgehead atoms. The van der Waals surface area contributed by atoms with Gasteiger partial charge in [-0.05, 0) is 12.5 Å². The predicted octanol–water partition coefficient (Wildman–Crippen LogP) is 3.16. The zero-order valence-electron chi connectivity index (χ0n) is 9.60. The third-order valence-corrected chi connectivity index (χ3v) is 2.93. The van der Waals surface area contributed by atoms with Gasteiger partial charge in [0.1, 0.15) is 6.04 Å². The zero-order chi connectivity index (χ0) is 12.6. The average Bonchev–Trinajstić information content (AvgIpc) is 2.16. The van der Waals surface area contributed by atoms with Crippen LogP contribution in [-0.2, 0) is 5.41 Å². The van der Waals surface area contributed by atoms with E-state index in [9.17, 15) is 13.2 Å². The fourth-order valence-electron chi connectivity index (χ4n) is 1.57. The van der Waals surface area contributed by atoms with E-state index in [-0.39, 0.29) is 0 Å². The van der Waals surface area contributed by atoms with Crippen LogP contribution in [0.25, 0.3) is 0 Å². The van der Waals surface area contributed by atoms with Crippen molar-refractivity contribution in [3.63, 3.8) is 0 Å². The molecule has 0 amide bonds.